The molecule has 0 N–H and O–H groups in total. The fourth-order valence-corrected chi connectivity index (χ4v) is 6.86. The SMILES string of the molecule is CCCc1ccc(S(=O)(=O)N2CCN([C@]3(CC)CCN(S(C)(=O)=O)C3)CC2)cc1. The van der Waals surface area contributed by atoms with Crippen LogP contribution in [0.5, 0.6) is 0 Å². The van der Waals surface area contributed by atoms with Crippen LogP contribution < -0.4 is 0 Å². The molecular weight excluding hydrogens is 410 g/mol. The van der Waals surface area contributed by atoms with E-state index in [1.165, 1.54) is 6.26 Å². The third-order valence-electron chi connectivity index (χ3n) is 6.43. The lowest BCUT2D eigenvalue weighted by molar-refractivity contribution is 0.0600. The zero-order chi connectivity index (χ0) is 21.3. The van der Waals surface area contributed by atoms with Gasteiger partial charge in [0.1, 0.15) is 0 Å². The van der Waals surface area contributed by atoms with E-state index in [4.69, 9.17) is 0 Å². The molecule has 9 heteroatoms. The fourth-order valence-electron chi connectivity index (χ4n) is 4.54. The van der Waals surface area contributed by atoms with Crippen LogP contribution in [-0.2, 0) is 26.5 Å². The minimum absolute atomic E-state index is 0.194. The van der Waals surface area contributed by atoms with Crippen LogP contribution in [0.3, 0.4) is 0 Å². The van der Waals surface area contributed by atoms with Gasteiger partial charge in [0.15, 0.2) is 0 Å². The molecule has 2 aliphatic heterocycles. The van der Waals surface area contributed by atoms with Gasteiger partial charge in [-0.25, -0.2) is 21.1 Å². The average Bonchev–Trinajstić information content (AvgIpc) is 3.15. The second-order valence-corrected chi connectivity index (χ2v) is 12.1. The fraction of sp³-hybridized carbons (Fsp3) is 0.700. The van der Waals surface area contributed by atoms with Crippen molar-refractivity contribution < 1.29 is 16.8 Å². The predicted molar refractivity (Wildman–Crippen MR) is 115 cm³/mol. The van der Waals surface area contributed by atoms with E-state index in [0.717, 1.165) is 31.2 Å². The Morgan fingerprint density at radius 2 is 1.52 bits per heavy atom. The molecule has 164 valence electrons. The van der Waals surface area contributed by atoms with Crippen molar-refractivity contribution in [3.05, 3.63) is 29.8 Å². The maximum atomic E-state index is 13.0. The van der Waals surface area contributed by atoms with Crippen molar-refractivity contribution in [2.75, 3.05) is 45.5 Å². The topological polar surface area (TPSA) is 78.0 Å². The molecule has 0 bridgehead atoms. The molecule has 0 saturated carbocycles. The summed E-state index contributed by atoms with van der Waals surface area (Å²) >= 11 is 0. The molecule has 2 saturated heterocycles. The van der Waals surface area contributed by atoms with E-state index in [2.05, 4.69) is 18.7 Å². The van der Waals surface area contributed by atoms with Gasteiger partial charge in [-0.1, -0.05) is 32.4 Å². The van der Waals surface area contributed by atoms with Crippen LogP contribution in [0.4, 0.5) is 0 Å². The molecule has 2 fully saturated rings. The van der Waals surface area contributed by atoms with Crippen LogP contribution in [-0.4, -0.2) is 81.4 Å². The summed E-state index contributed by atoms with van der Waals surface area (Å²) in [6.45, 7) is 7.33. The molecule has 0 aliphatic carbocycles. The van der Waals surface area contributed by atoms with Gasteiger partial charge in [-0.15, -0.1) is 0 Å². The molecule has 1 aromatic rings. The summed E-state index contributed by atoms with van der Waals surface area (Å²) in [5, 5.41) is 0. The van der Waals surface area contributed by atoms with E-state index in [9.17, 15) is 16.8 Å². The first-order valence-electron chi connectivity index (χ1n) is 10.4. The van der Waals surface area contributed by atoms with Gasteiger partial charge in [0.05, 0.1) is 11.2 Å². The quantitative estimate of drug-likeness (QED) is 0.642. The largest absolute Gasteiger partial charge is 0.294 e. The summed E-state index contributed by atoms with van der Waals surface area (Å²) < 4.78 is 53.1. The van der Waals surface area contributed by atoms with E-state index in [0.29, 0.717) is 44.2 Å². The Kier molecular flexibility index (Phi) is 6.75. The normalized spacial score (nSPS) is 25.5. The van der Waals surface area contributed by atoms with Gasteiger partial charge in [0.25, 0.3) is 0 Å². The van der Waals surface area contributed by atoms with E-state index >= 15 is 0 Å². The number of aryl methyl sites for hydroxylation is 1. The maximum absolute atomic E-state index is 13.0. The van der Waals surface area contributed by atoms with Gasteiger partial charge in [-0.3, -0.25) is 4.90 Å². The van der Waals surface area contributed by atoms with Crippen molar-refractivity contribution in [1.82, 2.24) is 13.5 Å². The number of piperazine rings is 1. The first kappa shape index (κ1) is 22.7. The van der Waals surface area contributed by atoms with E-state index in [-0.39, 0.29) is 5.54 Å². The highest BCUT2D eigenvalue weighted by molar-refractivity contribution is 7.89. The van der Waals surface area contributed by atoms with Crippen LogP contribution in [0.1, 0.15) is 38.7 Å². The zero-order valence-electron chi connectivity index (χ0n) is 17.7. The Bertz CT molecular complexity index is 908. The molecular formula is C20H33N3O4S2. The summed E-state index contributed by atoms with van der Waals surface area (Å²) in [5.41, 5.74) is 0.957. The highest BCUT2D eigenvalue weighted by Crippen LogP contribution is 2.34. The van der Waals surface area contributed by atoms with Crippen molar-refractivity contribution in [1.29, 1.82) is 0 Å². The van der Waals surface area contributed by atoms with E-state index in [1.807, 2.05) is 12.1 Å². The van der Waals surface area contributed by atoms with Crippen molar-refractivity contribution in [2.24, 2.45) is 0 Å². The van der Waals surface area contributed by atoms with Gasteiger partial charge in [-0.2, -0.15) is 4.31 Å². The monoisotopic (exact) mass is 443 g/mol. The summed E-state index contributed by atoms with van der Waals surface area (Å²) in [6.07, 6.45) is 4.88. The number of nitrogens with zero attached hydrogens (tertiary/aromatic N) is 3. The molecule has 0 spiro atoms. The van der Waals surface area contributed by atoms with Gasteiger partial charge < -0.3 is 0 Å². The van der Waals surface area contributed by atoms with Gasteiger partial charge in [0, 0.05) is 44.8 Å². The molecule has 0 radical (unpaired) electrons. The molecule has 3 rings (SSSR count). The second kappa shape index (κ2) is 8.63. The first-order chi connectivity index (χ1) is 13.6. The molecule has 2 heterocycles. The number of hydrogen-bond donors (Lipinski definition) is 0. The summed E-state index contributed by atoms with van der Waals surface area (Å²) in [4.78, 5) is 2.65. The second-order valence-electron chi connectivity index (χ2n) is 8.21. The lowest BCUT2D eigenvalue weighted by Gasteiger charge is -2.45. The number of rotatable bonds is 7. The molecule has 29 heavy (non-hydrogen) atoms. The number of sulfonamides is 2. The van der Waals surface area contributed by atoms with Gasteiger partial charge in [0.2, 0.25) is 20.0 Å². The Labute approximate surface area is 175 Å². The van der Waals surface area contributed by atoms with Crippen LogP contribution in [0.2, 0.25) is 0 Å². The van der Waals surface area contributed by atoms with Gasteiger partial charge >= 0.3 is 0 Å². The molecule has 2 aliphatic rings. The summed E-state index contributed by atoms with van der Waals surface area (Å²) in [5.74, 6) is 0. The van der Waals surface area contributed by atoms with Crippen molar-refractivity contribution in [3.63, 3.8) is 0 Å². The third-order valence-corrected chi connectivity index (χ3v) is 9.60. The molecule has 0 amide bonds. The van der Waals surface area contributed by atoms with Gasteiger partial charge in [-0.05, 0) is 37.0 Å². The highest BCUT2D eigenvalue weighted by atomic mass is 32.2. The van der Waals surface area contributed by atoms with Crippen LogP contribution in [0.25, 0.3) is 0 Å². The lowest BCUT2D eigenvalue weighted by atomic mass is 9.92. The molecule has 7 nitrogen and oxygen atoms in total. The Morgan fingerprint density at radius 1 is 0.897 bits per heavy atom. The zero-order valence-corrected chi connectivity index (χ0v) is 19.3. The number of benzene rings is 1. The Hall–Kier alpha value is -1.00. The van der Waals surface area contributed by atoms with Crippen molar-refractivity contribution in [3.8, 4) is 0 Å². The minimum atomic E-state index is -3.50. The molecule has 1 atom stereocenters. The van der Waals surface area contributed by atoms with Crippen LogP contribution >= 0.6 is 0 Å². The summed E-state index contributed by atoms with van der Waals surface area (Å²) in [7, 11) is -6.70. The first-order valence-corrected chi connectivity index (χ1v) is 13.7. The van der Waals surface area contributed by atoms with Crippen LogP contribution in [0.15, 0.2) is 29.2 Å². The average molecular weight is 444 g/mol. The number of hydrogen-bond acceptors (Lipinski definition) is 5. The van der Waals surface area contributed by atoms with E-state index in [1.54, 1.807) is 20.7 Å². The Balaban J connectivity index is 1.68. The predicted octanol–water partition coefficient (Wildman–Crippen LogP) is 1.76. The third kappa shape index (κ3) is 4.69. The Morgan fingerprint density at radius 3 is 2.00 bits per heavy atom. The standard InChI is InChI=1S/C20H33N3O4S2/c1-4-6-18-7-9-19(10-8-18)29(26,27)22-15-13-21(14-16-22)20(5-2)11-12-23(17-20)28(3,24)25/h7-10H,4-6,11-17H2,1-3H3/t20-/m1/s1. The lowest BCUT2D eigenvalue weighted by Crippen LogP contribution is -2.58. The smallest absolute Gasteiger partial charge is 0.243 e. The van der Waals surface area contributed by atoms with E-state index < -0.39 is 20.0 Å². The molecule has 0 aromatic heterocycles. The van der Waals surface area contributed by atoms with Crippen molar-refractivity contribution >= 4 is 20.0 Å². The van der Waals surface area contributed by atoms with Crippen molar-refractivity contribution in [2.45, 2.75) is 50.0 Å². The molecule has 1 aromatic carbocycles. The minimum Gasteiger partial charge on any atom is -0.294 e. The maximum Gasteiger partial charge on any atom is 0.243 e. The highest BCUT2D eigenvalue weighted by Gasteiger charge is 2.45. The summed E-state index contributed by atoms with van der Waals surface area (Å²) in [6, 6.07) is 7.22. The molecule has 0 unspecified atom stereocenters. The van der Waals surface area contributed by atoms with Crippen LogP contribution in [0, 0.1) is 0 Å².